The van der Waals surface area contributed by atoms with Gasteiger partial charge >= 0.3 is 5.97 Å². The van der Waals surface area contributed by atoms with Crippen LogP contribution in [0, 0.1) is 0 Å². The van der Waals surface area contributed by atoms with Crippen LogP contribution in [0.15, 0.2) is 30.3 Å². The molecular weight excluding hydrogens is 223 g/mol. The summed E-state index contributed by atoms with van der Waals surface area (Å²) in [6.45, 7) is 0. The van der Waals surface area contributed by atoms with Crippen LogP contribution < -0.4 is 0 Å². The Morgan fingerprint density at radius 1 is 1.36 bits per heavy atom. The molecule has 0 saturated carbocycles. The standard InChI is InChI=1S/C10H10Cl2O2/c11-7-6-9(12)14-10(13)8-4-2-1-3-5-8/h1-5,9H,6-7H2. The van der Waals surface area contributed by atoms with Crippen LogP contribution in [-0.4, -0.2) is 17.4 Å². The van der Waals surface area contributed by atoms with Crippen LogP contribution in [-0.2, 0) is 4.74 Å². The second-order valence-electron chi connectivity index (χ2n) is 2.66. The Morgan fingerprint density at radius 2 is 2.00 bits per heavy atom. The third kappa shape index (κ3) is 3.56. The van der Waals surface area contributed by atoms with Crippen molar-refractivity contribution in [3.05, 3.63) is 35.9 Å². The van der Waals surface area contributed by atoms with Gasteiger partial charge in [-0.15, -0.1) is 11.6 Å². The van der Waals surface area contributed by atoms with Crippen molar-refractivity contribution < 1.29 is 9.53 Å². The topological polar surface area (TPSA) is 26.3 Å². The summed E-state index contributed by atoms with van der Waals surface area (Å²) >= 11 is 11.1. The number of esters is 1. The van der Waals surface area contributed by atoms with Gasteiger partial charge in [0.15, 0.2) is 5.56 Å². The van der Waals surface area contributed by atoms with Gasteiger partial charge in [0.05, 0.1) is 5.56 Å². The highest BCUT2D eigenvalue weighted by atomic mass is 35.5. The lowest BCUT2D eigenvalue weighted by atomic mass is 10.2. The number of carbonyl (C=O) groups is 1. The van der Waals surface area contributed by atoms with Crippen LogP contribution in [0.2, 0.25) is 0 Å². The molecule has 0 aliphatic heterocycles. The second kappa shape index (κ2) is 5.89. The van der Waals surface area contributed by atoms with E-state index in [1.54, 1.807) is 24.3 Å². The van der Waals surface area contributed by atoms with Crippen LogP contribution >= 0.6 is 23.2 Å². The zero-order valence-corrected chi connectivity index (χ0v) is 8.96. The molecule has 0 aliphatic carbocycles. The summed E-state index contributed by atoms with van der Waals surface area (Å²) in [7, 11) is 0. The average Bonchev–Trinajstić information content (AvgIpc) is 2.19. The number of hydrogen-bond donors (Lipinski definition) is 0. The van der Waals surface area contributed by atoms with Gasteiger partial charge in [-0.3, -0.25) is 0 Å². The molecule has 76 valence electrons. The third-order valence-electron chi connectivity index (χ3n) is 1.58. The average molecular weight is 233 g/mol. The molecule has 2 nitrogen and oxygen atoms in total. The first-order chi connectivity index (χ1) is 6.74. The Hall–Kier alpha value is -0.730. The number of alkyl halides is 2. The molecule has 0 aromatic heterocycles. The van der Waals surface area contributed by atoms with E-state index in [-0.39, 0.29) is 0 Å². The molecule has 0 aliphatic rings. The van der Waals surface area contributed by atoms with Gasteiger partial charge in [-0.2, -0.15) is 0 Å². The fourth-order valence-electron chi connectivity index (χ4n) is 0.903. The van der Waals surface area contributed by atoms with Crippen molar-refractivity contribution >= 4 is 29.2 Å². The normalized spacial score (nSPS) is 12.1. The van der Waals surface area contributed by atoms with Crippen molar-refractivity contribution in [2.45, 2.75) is 12.0 Å². The number of benzene rings is 1. The van der Waals surface area contributed by atoms with E-state index in [0.717, 1.165) is 0 Å². The summed E-state index contributed by atoms with van der Waals surface area (Å²) in [6.07, 6.45) is 0.446. The van der Waals surface area contributed by atoms with Crippen LogP contribution in [0.25, 0.3) is 0 Å². The highest BCUT2D eigenvalue weighted by molar-refractivity contribution is 6.22. The van der Waals surface area contributed by atoms with Crippen LogP contribution in [0.3, 0.4) is 0 Å². The molecule has 0 saturated heterocycles. The maximum atomic E-state index is 11.4. The maximum Gasteiger partial charge on any atom is 0.339 e. The lowest BCUT2D eigenvalue weighted by molar-refractivity contribution is 0.0444. The summed E-state index contributed by atoms with van der Waals surface area (Å²) in [6, 6.07) is 8.70. The number of carbonyl (C=O) groups excluding carboxylic acids is 1. The first kappa shape index (κ1) is 11.3. The summed E-state index contributed by atoms with van der Waals surface area (Å²) in [4.78, 5) is 11.4. The molecule has 4 heteroatoms. The summed E-state index contributed by atoms with van der Waals surface area (Å²) in [5.74, 6) is -0.0494. The largest absolute Gasteiger partial charge is 0.442 e. The lowest BCUT2D eigenvalue weighted by Crippen LogP contribution is -2.13. The van der Waals surface area contributed by atoms with E-state index in [4.69, 9.17) is 27.9 Å². The van der Waals surface area contributed by atoms with Crippen molar-refractivity contribution in [3.8, 4) is 0 Å². The molecule has 1 atom stereocenters. The number of hydrogen-bond acceptors (Lipinski definition) is 2. The van der Waals surface area contributed by atoms with Crippen molar-refractivity contribution in [2.24, 2.45) is 0 Å². The molecule has 0 bridgehead atoms. The van der Waals surface area contributed by atoms with Crippen molar-refractivity contribution in [1.82, 2.24) is 0 Å². The predicted octanol–water partition coefficient (Wildman–Crippen LogP) is 3.04. The molecule has 0 spiro atoms. The molecule has 1 aromatic rings. The fourth-order valence-corrected chi connectivity index (χ4v) is 1.40. The quantitative estimate of drug-likeness (QED) is 0.590. The highest BCUT2D eigenvalue weighted by Crippen LogP contribution is 2.09. The molecule has 1 rings (SSSR count). The molecule has 1 unspecified atom stereocenters. The van der Waals surface area contributed by atoms with Gasteiger partial charge < -0.3 is 4.74 Å². The molecule has 14 heavy (non-hydrogen) atoms. The molecular formula is C10H10Cl2O2. The van der Waals surface area contributed by atoms with Gasteiger partial charge in [0.25, 0.3) is 0 Å². The minimum absolute atomic E-state index is 0.371. The van der Waals surface area contributed by atoms with Crippen LogP contribution in [0.1, 0.15) is 16.8 Å². The number of ether oxygens (including phenoxy) is 1. The van der Waals surface area contributed by atoms with E-state index in [1.165, 1.54) is 0 Å². The van der Waals surface area contributed by atoms with Gasteiger partial charge in [-0.1, -0.05) is 29.8 Å². The molecule has 0 fully saturated rings. The monoisotopic (exact) mass is 232 g/mol. The van der Waals surface area contributed by atoms with Crippen LogP contribution in [0.5, 0.6) is 0 Å². The highest BCUT2D eigenvalue weighted by Gasteiger charge is 2.11. The van der Waals surface area contributed by atoms with Gasteiger partial charge in [0.2, 0.25) is 0 Å². The minimum atomic E-state index is -0.653. The van der Waals surface area contributed by atoms with Gasteiger partial charge in [-0.05, 0) is 12.1 Å². The summed E-state index contributed by atoms with van der Waals surface area (Å²) < 4.78 is 4.92. The zero-order valence-electron chi connectivity index (χ0n) is 7.45. The number of halogens is 2. The van der Waals surface area contributed by atoms with E-state index >= 15 is 0 Å². The molecule has 1 aromatic carbocycles. The first-order valence-corrected chi connectivity index (χ1v) is 5.17. The third-order valence-corrected chi connectivity index (χ3v) is 2.11. The van der Waals surface area contributed by atoms with Gasteiger partial charge in [0, 0.05) is 12.3 Å². The van der Waals surface area contributed by atoms with E-state index in [9.17, 15) is 4.79 Å². The Morgan fingerprint density at radius 3 is 2.57 bits per heavy atom. The minimum Gasteiger partial charge on any atom is -0.442 e. The smallest absolute Gasteiger partial charge is 0.339 e. The molecule has 0 amide bonds. The van der Waals surface area contributed by atoms with Gasteiger partial charge in [0.1, 0.15) is 0 Å². The first-order valence-electron chi connectivity index (χ1n) is 4.20. The van der Waals surface area contributed by atoms with Crippen molar-refractivity contribution in [3.63, 3.8) is 0 Å². The Labute approximate surface area is 92.8 Å². The van der Waals surface area contributed by atoms with E-state index in [0.29, 0.717) is 17.9 Å². The Balaban J connectivity index is 2.51. The van der Waals surface area contributed by atoms with E-state index < -0.39 is 11.5 Å². The van der Waals surface area contributed by atoms with Crippen molar-refractivity contribution in [1.29, 1.82) is 0 Å². The van der Waals surface area contributed by atoms with Crippen molar-refractivity contribution in [2.75, 3.05) is 5.88 Å². The molecule has 0 radical (unpaired) electrons. The fraction of sp³-hybridized carbons (Fsp3) is 0.300. The maximum absolute atomic E-state index is 11.4. The zero-order chi connectivity index (χ0) is 10.4. The van der Waals surface area contributed by atoms with E-state index in [2.05, 4.69) is 0 Å². The molecule has 0 N–H and O–H groups in total. The Kier molecular flexibility index (Phi) is 4.77. The van der Waals surface area contributed by atoms with Gasteiger partial charge in [-0.25, -0.2) is 4.79 Å². The summed E-state index contributed by atoms with van der Waals surface area (Å²) in [5.41, 5.74) is -0.159. The van der Waals surface area contributed by atoms with E-state index in [1.807, 2.05) is 6.07 Å². The number of rotatable bonds is 4. The second-order valence-corrected chi connectivity index (χ2v) is 3.52. The summed E-state index contributed by atoms with van der Waals surface area (Å²) in [5, 5.41) is 0. The predicted molar refractivity (Wildman–Crippen MR) is 56.8 cm³/mol. The molecule has 0 heterocycles. The SMILES string of the molecule is O=C(OC(Cl)CCCl)c1ccccc1. The lowest BCUT2D eigenvalue weighted by Gasteiger charge is -2.09. The Bertz CT molecular complexity index is 287. The van der Waals surface area contributed by atoms with Crippen LogP contribution in [0.4, 0.5) is 0 Å².